The highest BCUT2D eigenvalue weighted by Crippen LogP contribution is 2.24. The highest BCUT2D eigenvalue weighted by Gasteiger charge is 2.27. The molecule has 0 saturated carbocycles. The Hall–Kier alpha value is -1.41. The van der Waals surface area contributed by atoms with Crippen LogP contribution in [0.25, 0.3) is 0 Å². The molecule has 0 aliphatic rings. The third-order valence-electron chi connectivity index (χ3n) is 1.71. The molecule has 6 heteroatoms. The van der Waals surface area contributed by atoms with Gasteiger partial charge in [-0.2, -0.15) is 18.4 Å². The van der Waals surface area contributed by atoms with Crippen LogP contribution >= 0.6 is 11.6 Å². The Balaban J connectivity index is 2.67. The van der Waals surface area contributed by atoms with Crippen molar-refractivity contribution in [3.8, 4) is 11.8 Å². The molecule has 1 rings (SSSR count). The van der Waals surface area contributed by atoms with Gasteiger partial charge in [0.25, 0.3) is 0 Å². The monoisotopic (exact) mass is 249 g/mol. The zero-order valence-corrected chi connectivity index (χ0v) is 8.77. The van der Waals surface area contributed by atoms with Crippen LogP contribution in [0.5, 0.6) is 5.75 Å². The van der Waals surface area contributed by atoms with Gasteiger partial charge in [0.15, 0.2) is 0 Å². The van der Waals surface area contributed by atoms with E-state index in [4.69, 9.17) is 21.6 Å². The van der Waals surface area contributed by atoms with E-state index in [2.05, 4.69) is 0 Å². The van der Waals surface area contributed by atoms with E-state index in [1.165, 1.54) is 18.2 Å². The van der Waals surface area contributed by atoms with Crippen LogP contribution in [0.15, 0.2) is 18.2 Å². The molecule has 0 radical (unpaired) electrons. The molecule has 2 nitrogen and oxygen atoms in total. The van der Waals surface area contributed by atoms with E-state index >= 15 is 0 Å². The predicted octanol–water partition coefficient (Wildman–Crippen LogP) is 3.54. The molecular weight excluding hydrogens is 243 g/mol. The molecule has 0 unspecified atom stereocenters. The Kier molecular flexibility index (Phi) is 4.02. The third-order valence-corrected chi connectivity index (χ3v) is 1.94. The molecule has 86 valence electrons. The molecule has 16 heavy (non-hydrogen) atoms. The molecule has 0 aliphatic heterocycles. The first-order valence-electron chi connectivity index (χ1n) is 4.31. The summed E-state index contributed by atoms with van der Waals surface area (Å²) >= 11 is 5.63. The minimum absolute atomic E-state index is 0.0688. The number of halogens is 4. The summed E-state index contributed by atoms with van der Waals surface area (Å²) in [6.07, 6.45) is -5.34. The van der Waals surface area contributed by atoms with Crippen molar-refractivity contribution in [2.45, 2.75) is 12.6 Å². The van der Waals surface area contributed by atoms with E-state index in [9.17, 15) is 13.2 Å². The second-order valence-electron chi connectivity index (χ2n) is 2.97. The standard InChI is InChI=1S/C10H7ClF3NO/c11-8-2-1-7(6-15)9(5-8)16-4-3-10(12,13)14/h1-2,5H,3-4H2. The molecule has 0 heterocycles. The second-order valence-corrected chi connectivity index (χ2v) is 3.40. The van der Waals surface area contributed by atoms with Gasteiger partial charge in [-0.3, -0.25) is 0 Å². The first kappa shape index (κ1) is 12.7. The molecule has 0 atom stereocenters. The van der Waals surface area contributed by atoms with E-state index in [0.29, 0.717) is 5.02 Å². The largest absolute Gasteiger partial charge is 0.492 e. The molecule has 0 aromatic heterocycles. The summed E-state index contributed by atoms with van der Waals surface area (Å²) in [6.45, 7) is -0.529. The van der Waals surface area contributed by atoms with E-state index in [1.807, 2.05) is 0 Å². The highest BCUT2D eigenvalue weighted by molar-refractivity contribution is 6.30. The quantitative estimate of drug-likeness (QED) is 0.821. The Morgan fingerprint density at radius 2 is 2.06 bits per heavy atom. The van der Waals surface area contributed by atoms with E-state index in [1.54, 1.807) is 6.07 Å². The van der Waals surface area contributed by atoms with Gasteiger partial charge < -0.3 is 4.74 Å². The van der Waals surface area contributed by atoms with E-state index in [0.717, 1.165) is 0 Å². The molecule has 0 amide bonds. The van der Waals surface area contributed by atoms with Crippen molar-refractivity contribution in [3.05, 3.63) is 28.8 Å². The van der Waals surface area contributed by atoms with Gasteiger partial charge in [-0.05, 0) is 12.1 Å². The van der Waals surface area contributed by atoms with Gasteiger partial charge in [0.2, 0.25) is 0 Å². The minimum Gasteiger partial charge on any atom is -0.492 e. The Bertz CT molecular complexity index is 412. The maximum atomic E-state index is 11.8. The van der Waals surface area contributed by atoms with Crippen molar-refractivity contribution < 1.29 is 17.9 Å². The van der Waals surface area contributed by atoms with Gasteiger partial charge in [0.1, 0.15) is 11.8 Å². The number of hydrogen-bond donors (Lipinski definition) is 0. The second kappa shape index (κ2) is 5.08. The van der Waals surface area contributed by atoms with Gasteiger partial charge in [-0.15, -0.1) is 0 Å². The van der Waals surface area contributed by atoms with Gasteiger partial charge in [-0.1, -0.05) is 11.6 Å². The lowest BCUT2D eigenvalue weighted by Gasteiger charge is -2.09. The molecule has 1 aromatic carbocycles. The summed E-state index contributed by atoms with van der Waals surface area (Å²) in [5.41, 5.74) is 0.159. The maximum absolute atomic E-state index is 11.8. The van der Waals surface area contributed by atoms with Gasteiger partial charge in [0, 0.05) is 11.1 Å². The lowest BCUT2D eigenvalue weighted by molar-refractivity contribution is -0.139. The smallest absolute Gasteiger partial charge is 0.392 e. The third kappa shape index (κ3) is 3.99. The fraction of sp³-hybridized carbons (Fsp3) is 0.300. The van der Waals surface area contributed by atoms with Crippen LogP contribution in [0.1, 0.15) is 12.0 Å². The van der Waals surface area contributed by atoms with Crippen LogP contribution in [-0.4, -0.2) is 12.8 Å². The predicted molar refractivity (Wildman–Crippen MR) is 52.3 cm³/mol. The summed E-state index contributed by atoms with van der Waals surface area (Å²) in [5, 5.41) is 8.98. The van der Waals surface area contributed by atoms with Crippen LogP contribution in [0.2, 0.25) is 5.02 Å². The van der Waals surface area contributed by atoms with Crippen LogP contribution in [0, 0.1) is 11.3 Å². The van der Waals surface area contributed by atoms with Crippen LogP contribution in [0.3, 0.4) is 0 Å². The fourth-order valence-electron chi connectivity index (χ4n) is 0.985. The number of rotatable bonds is 3. The topological polar surface area (TPSA) is 33.0 Å². The zero-order valence-electron chi connectivity index (χ0n) is 8.01. The Morgan fingerprint density at radius 3 is 2.62 bits per heavy atom. The van der Waals surface area contributed by atoms with Crippen molar-refractivity contribution in [1.82, 2.24) is 0 Å². The molecule has 1 aromatic rings. The van der Waals surface area contributed by atoms with Gasteiger partial charge in [-0.25, -0.2) is 0 Å². The number of nitriles is 1. The SMILES string of the molecule is N#Cc1ccc(Cl)cc1OCCC(F)(F)F. The van der Waals surface area contributed by atoms with Crippen LogP contribution in [0.4, 0.5) is 13.2 Å². The molecule has 0 aliphatic carbocycles. The first-order chi connectivity index (χ1) is 7.42. The van der Waals surface area contributed by atoms with Gasteiger partial charge >= 0.3 is 6.18 Å². The first-order valence-corrected chi connectivity index (χ1v) is 4.69. The summed E-state index contributed by atoms with van der Waals surface area (Å²) in [4.78, 5) is 0. The average Bonchev–Trinajstić information content (AvgIpc) is 2.16. The lowest BCUT2D eigenvalue weighted by Crippen LogP contribution is -2.13. The number of benzene rings is 1. The van der Waals surface area contributed by atoms with Crippen LogP contribution < -0.4 is 4.74 Å². The Morgan fingerprint density at radius 1 is 1.38 bits per heavy atom. The average molecular weight is 250 g/mol. The number of alkyl halides is 3. The van der Waals surface area contributed by atoms with Crippen molar-refractivity contribution in [1.29, 1.82) is 5.26 Å². The van der Waals surface area contributed by atoms with Crippen molar-refractivity contribution >= 4 is 11.6 Å². The minimum atomic E-state index is -4.27. The molecular formula is C10H7ClF3NO. The highest BCUT2D eigenvalue weighted by atomic mass is 35.5. The maximum Gasteiger partial charge on any atom is 0.392 e. The molecule has 0 N–H and O–H groups in total. The zero-order chi connectivity index (χ0) is 12.2. The summed E-state index contributed by atoms with van der Waals surface area (Å²) < 4.78 is 40.4. The fourth-order valence-corrected chi connectivity index (χ4v) is 1.15. The Labute approximate surface area is 95.2 Å². The molecule has 0 spiro atoms. The molecule has 0 bridgehead atoms. The van der Waals surface area contributed by atoms with Crippen molar-refractivity contribution in [3.63, 3.8) is 0 Å². The summed E-state index contributed by atoms with van der Waals surface area (Å²) in [5.74, 6) is 0.0688. The van der Waals surface area contributed by atoms with Crippen LogP contribution in [-0.2, 0) is 0 Å². The van der Waals surface area contributed by atoms with E-state index in [-0.39, 0.29) is 11.3 Å². The van der Waals surface area contributed by atoms with Gasteiger partial charge in [0.05, 0.1) is 18.6 Å². The van der Waals surface area contributed by atoms with Crippen molar-refractivity contribution in [2.24, 2.45) is 0 Å². The van der Waals surface area contributed by atoms with Crippen molar-refractivity contribution in [2.75, 3.05) is 6.61 Å². The molecule has 0 saturated heterocycles. The summed E-state index contributed by atoms with van der Waals surface area (Å²) in [6, 6.07) is 5.98. The summed E-state index contributed by atoms with van der Waals surface area (Å²) in [7, 11) is 0. The molecule has 0 fully saturated rings. The number of nitrogens with zero attached hydrogens (tertiary/aromatic N) is 1. The lowest BCUT2D eigenvalue weighted by atomic mass is 10.2. The van der Waals surface area contributed by atoms with E-state index < -0.39 is 19.2 Å². The normalized spacial score (nSPS) is 10.9. The number of ether oxygens (including phenoxy) is 1. The number of hydrogen-bond acceptors (Lipinski definition) is 2.